The Labute approximate surface area is 156 Å². The SMILES string of the molecule is O=C(c1ccc2ccccc2n1)N1CCN(c2ccccc2[N+](=O)[O-])CC1. The number of anilines is 1. The van der Waals surface area contributed by atoms with Crippen LogP contribution in [0.25, 0.3) is 10.9 Å². The minimum absolute atomic E-state index is 0.0912. The van der Waals surface area contributed by atoms with Crippen molar-refractivity contribution in [2.24, 2.45) is 0 Å². The summed E-state index contributed by atoms with van der Waals surface area (Å²) in [6.45, 7) is 2.09. The molecule has 27 heavy (non-hydrogen) atoms. The molecule has 0 saturated carbocycles. The fourth-order valence-electron chi connectivity index (χ4n) is 3.38. The maximum Gasteiger partial charge on any atom is 0.292 e. The number of amides is 1. The number of aromatic nitrogens is 1. The molecule has 2 aromatic carbocycles. The molecule has 1 amide bonds. The van der Waals surface area contributed by atoms with Crippen molar-refractivity contribution in [3.63, 3.8) is 0 Å². The normalized spacial score (nSPS) is 14.4. The molecule has 1 aliphatic heterocycles. The number of pyridine rings is 1. The van der Waals surface area contributed by atoms with Crippen molar-refractivity contribution in [2.75, 3.05) is 31.1 Å². The Morgan fingerprint density at radius 3 is 2.41 bits per heavy atom. The van der Waals surface area contributed by atoms with E-state index in [9.17, 15) is 14.9 Å². The summed E-state index contributed by atoms with van der Waals surface area (Å²) in [5.41, 5.74) is 1.90. The van der Waals surface area contributed by atoms with Crippen molar-refractivity contribution in [1.82, 2.24) is 9.88 Å². The van der Waals surface area contributed by atoms with Crippen molar-refractivity contribution in [3.05, 3.63) is 76.5 Å². The third-order valence-corrected chi connectivity index (χ3v) is 4.80. The highest BCUT2D eigenvalue weighted by molar-refractivity contribution is 5.95. The van der Waals surface area contributed by atoms with Crippen LogP contribution in [-0.2, 0) is 0 Å². The van der Waals surface area contributed by atoms with Crippen LogP contribution in [0, 0.1) is 10.1 Å². The van der Waals surface area contributed by atoms with Gasteiger partial charge in [0.1, 0.15) is 11.4 Å². The Balaban J connectivity index is 1.49. The highest BCUT2D eigenvalue weighted by atomic mass is 16.6. The summed E-state index contributed by atoms with van der Waals surface area (Å²) in [6, 6.07) is 18.0. The maximum absolute atomic E-state index is 12.8. The molecule has 0 unspecified atom stereocenters. The number of para-hydroxylation sites is 3. The first-order valence-electron chi connectivity index (χ1n) is 8.77. The molecular formula is C20H18N4O3. The second-order valence-electron chi connectivity index (χ2n) is 6.41. The van der Waals surface area contributed by atoms with Crippen LogP contribution >= 0.6 is 0 Å². The van der Waals surface area contributed by atoms with Crippen LogP contribution in [-0.4, -0.2) is 46.9 Å². The quantitative estimate of drug-likeness (QED) is 0.528. The van der Waals surface area contributed by atoms with Crippen molar-refractivity contribution in [1.29, 1.82) is 0 Å². The molecular weight excluding hydrogens is 344 g/mol. The zero-order valence-electron chi connectivity index (χ0n) is 14.6. The van der Waals surface area contributed by atoms with E-state index >= 15 is 0 Å². The van der Waals surface area contributed by atoms with Crippen molar-refractivity contribution < 1.29 is 9.72 Å². The first-order chi connectivity index (χ1) is 13.1. The topological polar surface area (TPSA) is 79.6 Å². The van der Waals surface area contributed by atoms with E-state index in [1.165, 1.54) is 6.07 Å². The highest BCUT2D eigenvalue weighted by Gasteiger charge is 2.26. The number of carbonyl (C=O) groups excluding carboxylic acids is 1. The summed E-state index contributed by atoms with van der Waals surface area (Å²) >= 11 is 0. The molecule has 0 aliphatic carbocycles. The Morgan fingerprint density at radius 1 is 0.926 bits per heavy atom. The smallest absolute Gasteiger partial charge is 0.292 e. The highest BCUT2D eigenvalue weighted by Crippen LogP contribution is 2.28. The Bertz CT molecular complexity index is 1010. The number of hydrogen-bond acceptors (Lipinski definition) is 5. The number of rotatable bonds is 3. The predicted molar refractivity (Wildman–Crippen MR) is 103 cm³/mol. The molecule has 0 atom stereocenters. The van der Waals surface area contributed by atoms with Gasteiger partial charge in [0.05, 0.1) is 10.4 Å². The van der Waals surface area contributed by atoms with Gasteiger partial charge in [-0.1, -0.05) is 36.4 Å². The van der Waals surface area contributed by atoms with Gasteiger partial charge in [-0.15, -0.1) is 0 Å². The van der Waals surface area contributed by atoms with Gasteiger partial charge in [-0.2, -0.15) is 0 Å². The van der Waals surface area contributed by atoms with E-state index in [0.29, 0.717) is 37.6 Å². The van der Waals surface area contributed by atoms with Gasteiger partial charge in [-0.05, 0) is 18.2 Å². The van der Waals surface area contributed by atoms with Crippen molar-refractivity contribution >= 4 is 28.2 Å². The van der Waals surface area contributed by atoms with E-state index in [-0.39, 0.29) is 16.5 Å². The van der Waals surface area contributed by atoms with Crippen LogP contribution in [0.5, 0.6) is 0 Å². The molecule has 1 fully saturated rings. The largest absolute Gasteiger partial charge is 0.362 e. The third-order valence-electron chi connectivity index (χ3n) is 4.80. The van der Waals surface area contributed by atoms with Crippen LogP contribution in [0.3, 0.4) is 0 Å². The second-order valence-corrected chi connectivity index (χ2v) is 6.41. The predicted octanol–water partition coefficient (Wildman–Crippen LogP) is 3.11. The molecule has 3 aromatic rings. The van der Waals surface area contributed by atoms with Gasteiger partial charge in [-0.3, -0.25) is 14.9 Å². The molecule has 2 heterocycles. The van der Waals surface area contributed by atoms with Gasteiger partial charge >= 0.3 is 0 Å². The minimum atomic E-state index is -0.369. The zero-order chi connectivity index (χ0) is 18.8. The van der Waals surface area contributed by atoms with E-state index < -0.39 is 0 Å². The van der Waals surface area contributed by atoms with Crippen LogP contribution < -0.4 is 4.90 Å². The number of hydrogen-bond donors (Lipinski definition) is 0. The average Bonchev–Trinajstić information content (AvgIpc) is 2.73. The summed E-state index contributed by atoms with van der Waals surface area (Å²) in [5.74, 6) is -0.108. The van der Waals surface area contributed by atoms with Gasteiger partial charge in [0.25, 0.3) is 11.6 Å². The van der Waals surface area contributed by atoms with Gasteiger partial charge < -0.3 is 9.80 Å². The molecule has 0 N–H and O–H groups in total. The molecule has 7 nitrogen and oxygen atoms in total. The fourth-order valence-corrected chi connectivity index (χ4v) is 3.38. The molecule has 1 aromatic heterocycles. The van der Waals surface area contributed by atoms with Gasteiger partial charge in [0, 0.05) is 37.6 Å². The Kier molecular flexibility index (Phi) is 4.42. The van der Waals surface area contributed by atoms with Crippen molar-refractivity contribution in [2.45, 2.75) is 0 Å². The Hall–Kier alpha value is -3.48. The minimum Gasteiger partial charge on any atom is -0.362 e. The van der Waals surface area contributed by atoms with E-state index in [2.05, 4.69) is 4.98 Å². The summed E-state index contributed by atoms with van der Waals surface area (Å²) < 4.78 is 0. The molecule has 136 valence electrons. The van der Waals surface area contributed by atoms with E-state index in [1.54, 1.807) is 29.2 Å². The zero-order valence-corrected chi connectivity index (χ0v) is 14.6. The summed E-state index contributed by atoms with van der Waals surface area (Å²) in [6.07, 6.45) is 0. The van der Waals surface area contributed by atoms with Crippen LogP contribution in [0.15, 0.2) is 60.7 Å². The number of nitrogens with zero attached hydrogens (tertiary/aromatic N) is 4. The fraction of sp³-hybridized carbons (Fsp3) is 0.200. The lowest BCUT2D eigenvalue weighted by molar-refractivity contribution is -0.384. The lowest BCUT2D eigenvalue weighted by atomic mass is 10.2. The monoisotopic (exact) mass is 362 g/mol. The first-order valence-corrected chi connectivity index (χ1v) is 8.77. The molecule has 0 bridgehead atoms. The number of piperazine rings is 1. The van der Waals surface area contributed by atoms with Crippen LogP contribution in [0.2, 0.25) is 0 Å². The first kappa shape index (κ1) is 17.0. The third kappa shape index (κ3) is 3.31. The van der Waals surface area contributed by atoms with Gasteiger partial charge in [0.15, 0.2) is 0 Å². The molecule has 0 spiro atoms. The van der Waals surface area contributed by atoms with Crippen LogP contribution in [0.1, 0.15) is 10.5 Å². The number of nitro groups is 1. The summed E-state index contributed by atoms with van der Waals surface area (Å²) in [7, 11) is 0. The maximum atomic E-state index is 12.8. The number of nitro benzene ring substituents is 1. The lowest BCUT2D eigenvalue weighted by Gasteiger charge is -2.35. The molecule has 0 radical (unpaired) electrons. The average molecular weight is 362 g/mol. The van der Waals surface area contributed by atoms with E-state index in [0.717, 1.165) is 10.9 Å². The standard InChI is InChI=1S/C20H18N4O3/c25-20(17-10-9-15-5-1-2-6-16(15)21-17)23-13-11-22(12-14-23)18-7-3-4-8-19(18)24(26)27/h1-10H,11-14H2. The molecule has 4 rings (SSSR count). The molecule has 1 saturated heterocycles. The second kappa shape index (κ2) is 7.03. The summed E-state index contributed by atoms with van der Waals surface area (Å²) in [4.78, 5) is 31.8. The molecule has 7 heteroatoms. The lowest BCUT2D eigenvalue weighted by Crippen LogP contribution is -2.49. The van der Waals surface area contributed by atoms with Crippen molar-refractivity contribution in [3.8, 4) is 0 Å². The van der Waals surface area contributed by atoms with E-state index in [1.807, 2.05) is 35.2 Å². The van der Waals surface area contributed by atoms with E-state index in [4.69, 9.17) is 0 Å². The van der Waals surface area contributed by atoms with Gasteiger partial charge in [-0.25, -0.2) is 4.98 Å². The molecule has 1 aliphatic rings. The number of benzene rings is 2. The number of carbonyl (C=O) groups is 1. The summed E-state index contributed by atoms with van der Waals surface area (Å²) in [5, 5.41) is 12.2. The Morgan fingerprint density at radius 2 is 1.63 bits per heavy atom. The number of fused-ring (bicyclic) bond motifs is 1. The van der Waals surface area contributed by atoms with Crippen LogP contribution in [0.4, 0.5) is 11.4 Å². The van der Waals surface area contributed by atoms with Gasteiger partial charge in [0.2, 0.25) is 0 Å².